The van der Waals surface area contributed by atoms with Crippen LogP contribution in [0.1, 0.15) is 17.5 Å². The van der Waals surface area contributed by atoms with Gasteiger partial charge in [-0.2, -0.15) is 13.2 Å². The number of nitrogens with one attached hydrogen (secondary N) is 1. The van der Waals surface area contributed by atoms with E-state index in [4.69, 9.17) is 11.6 Å². The fourth-order valence-corrected chi connectivity index (χ4v) is 2.96. The lowest BCUT2D eigenvalue weighted by atomic mass is 10.1. The molecule has 1 fully saturated rings. The van der Waals surface area contributed by atoms with Crippen molar-refractivity contribution in [3.63, 3.8) is 0 Å². The van der Waals surface area contributed by atoms with E-state index in [0.29, 0.717) is 11.8 Å². The topological polar surface area (TPSA) is 49.4 Å². The Morgan fingerprint density at radius 2 is 1.77 bits per heavy atom. The molecule has 0 saturated carbocycles. The van der Waals surface area contributed by atoms with E-state index < -0.39 is 34.6 Å². The van der Waals surface area contributed by atoms with Crippen molar-refractivity contribution in [2.24, 2.45) is 0 Å². The fraction of sp³-hybridized carbons (Fsp3) is 0.222. The highest BCUT2D eigenvalue weighted by Crippen LogP contribution is 2.38. The van der Waals surface area contributed by atoms with Crippen LogP contribution in [0.4, 0.5) is 24.5 Å². The molecule has 3 rings (SSSR count). The highest BCUT2D eigenvalue weighted by Gasteiger charge is 2.41. The van der Waals surface area contributed by atoms with Gasteiger partial charge < -0.3 is 5.32 Å². The molecule has 0 spiro atoms. The molecule has 26 heavy (non-hydrogen) atoms. The number of aryl methyl sites for hydroxylation is 1. The molecule has 0 bridgehead atoms. The van der Waals surface area contributed by atoms with Gasteiger partial charge in [0, 0.05) is 5.69 Å². The van der Waals surface area contributed by atoms with E-state index in [2.05, 4.69) is 5.32 Å². The van der Waals surface area contributed by atoms with Crippen LogP contribution in [-0.4, -0.2) is 17.9 Å². The van der Waals surface area contributed by atoms with Crippen molar-refractivity contribution in [2.75, 3.05) is 10.2 Å². The zero-order chi connectivity index (χ0) is 19.1. The zero-order valence-electron chi connectivity index (χ0n) is 13.6. The molecule has 4 nitrogen and oxygen atoms in total. The number of carbonyl (C=O) groups is 2. The normalized spacial score (nSPS) is 17.7. The number of hydrogen-bond donors (Lipinski definition) is 1. The molecule has 1 saturated heterocycles. The van der Waals surface area contributed by atoms with Gasteiger partial charge in [0.15, 0.2) is 0 Å². The molecule has 0 unspecified atom stereocenters. The maximum atomic E-state index is 13.0. The minimum atomic E-state index is -4.68. The summed E-state index contributed by atoms with van der Waals surface area (Å²) in [4.78, 5) is 25.6. The molecule has 8 heteroatoms. The van der Waals surface area contributed by atoms with Crippen molar-refractivity contribution in [1.82, 2.24) is 0 Å². The van der Waals surface area contributed by atoms with E-state index >= 15 is 0 Å². The molecule has 1 aliphatic heterocycles. The predicted molar refractivity (Wildman–Crippen MR) is 92.2 cm³/mol. The van der Waals surface area contributed by atoms with Crippen molar-refractivity contribution in [3.8, 4) is 0 Å². The molecule has 1 N–H and O–H groups in total. The van der Waals surface area contributed by atoms with Gasteiger partial charge in [0.05, 0.1) is 22.7 Å². The largest absolute Gasteiger partial charge is 0.417 e. The van der Waals surface area contributed by atoms with Crippen LogP contribution in [0.2, 0.25) is 5.02 Å². The van der Waals surface area contributed by atoms with Gasteiger partial charge in [-0.05, 0) is 37.3 Å². The number of halogens is 4. The molecule has 0 radical (unpaired) electrons. The third kappa shape index (κ3) is 3.53. The summed E-state index contributed by atoms with van der Waals surface area (Å²) in [5.41, 5.74) is 0.444. The average molecular weight is 383 g/mol. The van der Waals surface area contributed by atoms with Gasteiger partial charge in [0.25, 0.3) is 5.91 Å². The quantitative estimate of drug-likeness (QED) is 0.800. The Balaban J connectivity index is 1.86. The molecule has 136 valence electrons. The van der Waals surface area contributed by atoms with Gasteiger partial charge in [0.2, 0.25) is 5.91 Å². The van der Waals surface area contributed by atoms with Gasteiger partial charge in [0.1, 0.15) is 6.04 Å². The molecule has 1 heterocycles. The molecule has 2 aromatic carbocycles. The Hall–Kier alpha value is -2.54. The highest BCUT2D eigenvalue weighted by molar-refractivity contribution is 6.31. The van der Waals surface area contributed by atoms with Crippen molar-refractivity contribution >= 4 is 34.8 Å². The van der Waals surface area contributed by atoms with Gasteiger partial charge >= 0.3 is 6.18 Å². The standard InChI is InChI=1S/C18H14ClF3N2O2/c1-10-2-4-11(5-3-10)23-15-9-16(25)24(17(15)26)12-6-7-14(19)13(8-12)18(20,21)22/h2-8,15,23H,9H2,1H3/t15-/m1/s1. The predicted octanol–water partition coefficient (Wildman–Crippen LogP) is 4.41. The first kappa shape index (κ1) is 18.3. The first-order chi connectivity index (χ1) is 12.2. The van der Waals surface area contributed by atoms with E-state index in [1.807, 2.05) is 19.1 Å². The van der Waals surface area contributed by atoms with E-state index in [-0.39, 0.29) is 12.1 Å². The molecule has 2 amide bonds. The average Bonchev–Trinajstić information content (AvgIpc) is 2.83. The SMILES string of the molecule is Cc1ccc(N[C@@H]2CC(=O)N(c3ccc(Cl)c(C(F)(F)F)c3)C2=O)cc1. The van der Waals surface area contributed by atoms with E-state index in [9.17, 15) is 22.8 Å². The van der Waals surface area contributed by atoms with Crippen LogP contribution >= 0.6 is 11.6 Å². The monoisotopic (exact) mass is 382 g/mol. The van der Waals surface area contributed by atoms with Gasteiger partial charge in [-0.1, -0.05) is 29.3 Å². The lowest BCUT2D eigenvalue weighted by Gasteiger charge is -2.18. The van der Waals surface area contributed by atoms with E-state index in [0.717, 1.165) is 16.5 Å². The number of hydrogen-bond acceptors (Lipinski definition) is 3. The lowest BCUT2D eigenvalue weighted by molar-refractivity contribution is -0.137. The summed E-state index contributed by atoms with van der Waals surface area (Å²) in [7, 11) is 0. The Labute approximate surface area is 152 Å². The number of alkyl halides is 3. The number of imide groups is 1. The number of anilines is 2. The van der Waals surface area contributed by atoms with Crippen LogP contribution in [0.3, 0.4) is 0 Å². The molecule has 1 aliphatic rings. The second kappa shape index (κ2) is 6.64. The number of benzene rings is 2. The van der Waals surface area contributed by atoms with Crippen molar-refractivity contribution in [1.29, 1.82) is 0 Å². The molecular weight excluding hydrogens is 369 g/mol. The van der Waals surface area contributed by atoms with Gasteiger partial charge in [-0.15, -0.1) is 0 Å². The molecule has 1 atom stereocenters. The van der Waals surface area contributed by atoms with Crippen LogP contribution in [0.25, 0.3) is 0 Å². The molecular formula is C18H14ClF3N2O2. The Bertz CT molecular complexity index is 866. The maximum Gasteiger partial charge on any atom is 0.417 e. The second-order valence-electron chi connectivity index (χ2n) is 6.00. The first-order valence-corrected chi connectivity index (χ1v) is 8.11. The van der Waals surface area contributed by atoms with Gasteiger partial charge in [-0.25, -0.2) is 4.90 Å². The highest BCUT2D eigenvalue weighted by atomic mass is 35.5. The minimum absolute atomic E-state index is 0.142. The third-order valence-corrected chi connectivity index (χ3v) is 4.38. The Morgan fingerprint density at radius 3 is 2.38 bits per heavy atom. The lowest BCUT2D eigenvalue weighted by Crippen LogP contribution is -2.35. The van der Waals surface area contributed by atoms with Crippen LogP contribution < -0.4 is 10.2 Å². The number of rotatable bonds is 3. The van der Waals surface area contributed by atoms with Crippen LogP contribution in [0.15, 0.2) is 42.5 Å². The zero-order valence-corrected chi connectivity index (χ0v) is 14.4. The summed E-state index contributed by atoms with van der Waals surface area (Å²) in [5, 5.41) is 2.45. The minimum Gasteiger partial charge on any atom is -0.373 e. The number of nitrogens with zero attached hydrogens (tertiary/aromatic N) is 1. The summed E-state index contributed by atoms with van der Waals surface area (Å²) >= 11 is 5.59. The Kier molecular flexibility index (Phi) is 4.66. The Morgan fingerprint density at radius 1 is 1.12 bits per heavy atom. The van der Waals surface area contributed by atoms with Crippen LogP contribution in [0, 0.1) is 6.92 Å². The summed E-state index contributed by atoms with van der Waals surface area (Å²) in [6.45, 7) is 1.91. The summed E-state index contributed by atoms with van der Waals surface area (Å²) in [6.07, 6.45) is -4.82. The third-order valence-electron chi connectivity index (χ3n) is 4.05. The summed E-state index contributed by atoms with van der Waals surface area (Å²) in [6, 6.07) is 9.34. The number of amides is 2. The molecule has 2 aromatic rings. The second-order valence-corrected chi connectivity index (χ2v) is 6.40. The van der Waals surface area contributed by atoms with Crippen molar-refractivity contribution < 1.29 is 22.8 Å². The number of carbonyl (C=O) groups excluding carboxylic acids is 2. The first-order valence-electron chi connectivity index (χ1n) is 7.73. The van der Waals surface area contributed by atoms with Crippen molar-refractivity contribution in [2.45, 2.75) is 25.6 Å². The van der Waals surface area contributed by atoms with Crippen LogP contribution in [-0.2, 0) is 15.8 Å². The van der Waals surface area contributed by atoms with E-state index in [1.165, 1.54) is 6.07 Å². The summed E-state index contributed by atoms with van der Waals surface area (Å²) in [5.74, 6) is -1.18. The summed E-state index contributed by atoms with van der Waals surface area (Å²) < 4.78 is 39.1. The van der Waals surface area contributed by atoms with Crippen molar-refractivity contribution in [3.05, 3.63) is 58.6 Å². The van der Waals surface area contributed by atoms with E-state index in [1.54, 1.807) is 12.1 Å². The fourth-order valence-electron chi connectivity index (χ4n) is 2.74. The maximum absolute atomic E-state index is 13.0. The van der Waals surface area contributed by atoms with Gasteiger partial charge in [-0.3, -0.25) is 9.59 Å². The smallest absolute Gasteiger partial charge is 0.373 e. The molecule has 0 aliphatic carbocycles. The van der Waals surface area contributed by atoms with Crippen LogP contribution in [0.5, 0.6) is 0 Å². The molecule has 0 aromatic heterocycles.